The van der Waals surface area contributed by atoms with Crippen LogP contribution in [0.25, 0.3) is 0 Å². The lowest BCUT2D eigenvalue weighted by atomic mass is 10.2. The third-order valence-corrected chi connectivity index (χ3v) is 4.04. The summed E-state index contributed by atoms with van der Waals surface area (Å²) in [7, 11) is 0. The zero-order valence-electron chi connectivity index (χ0n) is 13.0. The van der Waals surface area contributed by atoms with Crippen molar-refractivity contribution in [2.45, 2.75) is 6.54 Å². The minimum absolute atomic E-state index is 0.633. The fraction of sp³-hybridized carbons (Fsp3) is 0.278. The van der Waals surface area contributed by atoms with Crippen LogP contribution < -0.4 is 15.5 Å². The van der Waals surface area contributed by atoms with Crippen LogP contribution in [-0.2, 0) is 11.3 Å². The maximum absolute atomic E-state index is 5.39. The smallest absolute Gasteiger partial charge is 0.171 e. The highest BCUT2D eigenvalue weighted by atomic mass is 32.1. The summed E-state index contributed by atoms with van der Waals surface area (Å²) in [6.07, 6.45) is 0. The molecule has 0 spiro atoms. The van der Waals surface area contributed by atoms with Gasteiger partial charge < -0.3 is 20.3 Å². The summed E-state index contributed by atoms with van der Waals surface area (Å²) in [6.45, 7) is 4.25. The second-order valence-electron chi connectivity index (χ2n) is 5.44. The van der Waals surface area contributed by atoms with E-state index in [0.717, 1.165) is 32.0 Å². The molecule has 0 atom stereocenters. The molecule has 5 heteroatoms. The van der Waals surface area contributed by atoms with Gasteiger partial charge in [-0.3, -0.25) is 0 Å². The molecule has 23 heavy (non-hydrogen) atoms. The van der Waals surface area contributed by atoms with Gasteiger partial charge in [0.25, 0.3) is 0 Å². The highest BCUT2D eigenvalue weighted by molar-refractivity contribution is 7.80. The molecule has 0 unspecified atom stereocenters. The molecule has 0 bridgehead atoms. The van der Waals surface area contributed by atoms with Gasteiger partial charge in [-0.15, -0.1) is 0 Å². The number of hydrogen-bond acceptors (Lipinski definition) is 3. The van der Waals surface area contributed by atoms with Crippen LogP contribution in [0.15, 0.2) is 54.6 Å². The normalized spacial score (nSPS) is 14.3. The number of ether oxygens (including phenoxy) is 1. The highest BCUT2D eigenvalue weighted by Gasteiger charge is 2.10. The molecule has 0 saturated carbocycles. The van der Waals surface area contributed by atoms with Gasteiger partial charge in [-0.1, -0.05) is 30.3 Å². The van der Waals surface area contributed by atoms with E-state index >= 15 is 0 Å². The number of hydrogen-bond donors (Lipinski definition) is 2. The van der Waals surface area contributed by atoms with E-state index < -0.39 is 0 Å². The van der Waals surface area contributed by atoms with Gasteiger partial charge in [0.1, 0.15) is 0 Å². The summed E-state index contributed by atoms with van der Waals surface area (Å²) in [5.74, 6) is 0. The van der Waals surface area contributed by atoms with Crippen molar-refractivity contribution in [1.82, 2.24) is 5.32 Å². The van der Waals surface area contributed by atoms with Crippen LogP contribution in [0, 0.1) is 0 Å². The first-order valence-electron chi connectivity index (χ1n) is 7.83. The average Bonchev–Trinajstić information content (AvgIpc) is 2.62. The predicted octanol–water partition coefficient (Wildman–Crippen LogP) is 3.01. The molecule has 3 rings (SSSR count). The maximum Gasteiger partial charge on any atom is 0.171 e. The standard InChI is InChI=1S/C18H21N3OS/c23-18(20-16-4-2-1-3-5-16)19-14-15-6-8-17(9-7-15)21-10-12-22-13-11-21/h1-9H,10-14H2,(H2,19,20,23). The average molecular weight is 327 g/mol. The number of morpholine rings is 1. The first kappa shape index (κ1) is 15.8. The van der Waals surface area contributed by atoms with Crippen molar-refractivity contribution in [3.63, 3.8) is 0 Å². The molecule has 120 valence electrons. The number of anilines is 2. The van der Waals surface area contributed by atoms with E-state index in [4.69, 9.17) is 17.0 Å². The van der Waals surface area contributed by atoms with E-state index in [-0.39, 0.29) is 0 Å². The molecule has 2 aromatic rings. The third-order valence-electron chi connectivity index (χ3n) is 3.80. The fourth-order valence-corrected chi connectivity index (χ4v) is 2.72. The molecule has 1 fully saturated rings. The Morgan fingerprint density at radius 1 is 1.00 bits per heavy atom. The number of nitrogens with one attached hydrogen (secondary N) is 2. The summed E-state index contributed by atoms with van der Waals surface area (Å²) in [5.41, 5.74) is 3.45. The van der Waals surface area contributed by atoms with Gasteiger partial charge in [-0.05, 0) is 42.0 Å². The van der Waals surface area contributed by atoms with Crippen molar-refractivity contribution in [2.24, 2.45) is 0 Å². The summed E-state index contributed by atoms with van der Waals surface area (Å²) in [5, 5.41) is 7.04. The minimum Gasteiger partial charge on any atom is -0.378 e. The monoisotopic (exact) mass is 327 g/mol. The van der Waals surface area contributed by atoms with E-state index in [1.54, 1.807) is 0 Å². The Morgan fingerprint density at radius 3 is 2.39 bits per heavy atom. The molecule has 0 aliphatic carbocycles. The number of para-hydroxylation sites is 1. The summed E-state index contributed by atoms with van der Waals surface area (Å²) in [4.78, 5) is 2.35. The molecule has 1 saturated heterocycles. The molecule has 0 aromatic heterocycles. The Balaban J connectivity index is 1.49. The summed E-state index contributed by atoms with van der Waals surface area (Å²) < 4.78 is 5.39. The van der Waals surface area contributed by atoms with Crippen LogP contribution in [0.3, 0.4) is 0 Å². The molecule has 0 radical (unpaired) electrons. The van der Waals surface area contributed by atoms with E-state index in [1.807, 2.05) is 30.3 Å². The van der Waals surface area contributed by atoms with Crippen molar-refractivity contribution >= 4 is 28.7 Å². The number of thiocarbonyl (C=S) groups is 1. The van der Waals surface area contributed by atoms with Crippen LogP contribution >= 0.6 is 12.2 Å². The van der Waals surface area contributed by atoms with E-state index in [9.17, 15) is 0 Å². The zero-order chi connectivity index (χ0) is 15.9. The van der Waals surface area contributed by atoms with Crippen molar-refractivity contribution < 1.29 is 4.74 Å². The molecular weight excluding hydrogens is 306 g/mol. The number of rotatable bonds is 4. The van der Waals surface area contributed by atoms with Crippen molar-refractivity contribution in [2.75, 3.05) is 36.5 Å². The Kier molecular flexibility index (Phi) is 5.45. The van der Waals surface area contributed by atoms with Crippen molar-refractivity contribution in [1.29, 1.82) is 0 Å². The van der Waals surface area contributed by atoms with E-state index in [0.29, 0.717) is 11.7 Å². The number of benzene rings is 2. The first-order chi connectivity index (χ1) is 11.3. The van der Waals surface area contributed by atoms with Gasteiger partial charge in [0.05, 0.1) is 13.2 Å². The largest absolute Gasteiger partial charge is 0.378 e. The molecule has 1 heterocycles. The lowest BCUT2D eigenvalue weighted by molar-refractivity contribution is 0.122. The molecule has 1 aliphatic heterocycles. The van der Waals surface area contributed by atoms with Gasteiger partial charge in [-0.25, -0.2) is 0 Å². The second kappa shape index (κ2) is 7.94. The Labute approximate surface area is 142 Å². The topological polar surface area (TPSA) is 36.5 Å². The minimum atomic E-state index is 0.633. The highest BCUT2D eigenvalue weighted by Crippen LogP contribution is 2.16. The maximum atomic E-state index is 5.39. The lowest BCUT2D eigenvalue weighted by Gasteiger charge is -2.28. The number of nitrogens with zero attached hydrogens (tertiary/aromatic N) is 1. The lowest BCUT2D eigenvalue weighted by Crippen LogP contribution is -2.36. The molecular formula is C18H21N3OS. The fourth-order valence-electron chi connectivity index (χ4n) is 2.53. The van der Waals surface area contributed by atoms with Gasteiger partial charge in [0, 0.05) is 31.0 Å². The second-order valence-corrected chi connectivity index (χ2v) is 5.85. The molecule has 2 aromatic carbocycles. The molecule has 1 aliphatic rings. The third kappa shape index (κ3) is 4.68. The van der Waals surface area contributed by atoms with Crippen molar-refractivity contribution in [3.8, 4) is 0 Å². The Bertz CT molecular complexity index is 624. The van der Waals surface area contributed by atoms with Crippen LogP contribution in [0.5, 0.6) is 0 Å². The molecule has 2 N–H and O–H groups in total. The summed E-state index contributed by atoms with van der Waals surface area (Å²) in [6, 6.07) is 18.5. The van der Waals surface area contributed by atoms with E-state index in [1.165, 1.54) is 11.3 Å². The van der Waals surface area contributed by atoms with Gasteiger partial charge in [-0.2, -0.15) is 0 Å². The van der Waals surface area contributed by atoms with E-state index in [2.05, 4.69) is 39.8 Å². The van der Waals surface area contributed by atoms with Crippen LogP contribution in [0.4, 0.5) is 11.4 Å². The van der Waals surface area contributed by atoms with Crippen LogP contribution in [0.2, 0.25) is 0 Å². The van der Waals surface area contributed by atoms with Crippen LogP contribution in [0.1, 0.15) is 5.56 Å². The molecule has 4 nitrogen and oxygen atoms in total. The Morgan fingerprint density at radius 2 is 1.70 bits per heavy atom. The van der Waals surface area contributed by atoms with Crippen molar-refractivity contribution in [3.05, 3.63) is 60.2 Å². The van der Waals surface area contributed by atoms with Gasteiger partial charge >= 0.3 is 0 Å². The zero-order valence-corrected chi connectivity index (χ0v) is 13.8. The van der Waals surface area contributed by atoms with Gasteiger partial charge in [0.15, 0.2) is 5.11 Å². The quantitative estimate of drug-likeness (QED) is 0.844. The predicted molar refractivity (Wildman–Crippen MR) is 99.0 cm³/mol. The van der Waals surface area contributed by atoms with Crippen LogP contribution in [-0.4, -0.2) is 31.4 Å². The molecule has 0 amide bonds. The SMILES string of the molecule is S=C(NCc1ccc(N2CCOCC2)cc1)Nc1ccccc1. The van der Waals surface area contributed by atoms with Gasteiger partial charge in [0.2, 0.25) is 0 Å². The first-order valence-corrected chi connectivity index (χ1v) is 8.23. The Hall–Kier alpha value is -2.11. The summed E-state index contributed by atoms with van der Waals surface area (Å²) >= 11 is 5.32.